The van der Waals surface area contributed by atoms with Gasteiger partial charge in [-0.3, -0.25) is 4.79 Å². The summed E-state index contributed by atoms with van der Waals surface area (Å²) in [4.78, 5) is 22.1. The van der Waals surface area contributed by atoms with Crippen LogP contribution < -0.4 is 0 Å². The quantitative estimate of drug-likeness (QED) is 0.424. The molecule has 2 heteroatoms. The third-order valence-corrected chi connectivity index (χ3v) is 2.60. The Morgan fingerprint density at radius 2 is 2.27 bits per heavy atom. The zero-order valence-electron chi connectivity index (χ0n) is 7.09. The molecular formula is C9H14O2. The molecule has 0 N–H and O–H groups in total. The number of carbonyl (C=O) groups excluding carboxylic acids is 2. The molecule has 2 atom stereocenters. The van der Waals surface area contributed by atoms with Crippen LogP contribution in [-0.4, -0.2) is 12.1 Å². The van der Waals surface area contributed by atoms with Gasteiger partial charge in [0.25, 0.3) is 0 Å². The van der Waals surface area contributed by atoms with E-state index in [9.17, 15) is 9.59 Å². The second-order valence-electron chi connectivity index (χ2n) is 3.69. The van der Waals surface area contributed by atoms with Gasteiger partial charge in [0, 0.05) is 5.92 Å². The fourth-order valence-electron chi connectivity index (χ4n) is 1.71. The van der Waals surface area contributed by atoms with Gasteiger partial charge in [-0.2, -0.15) is 0 Å². The highest BCUT2D eigenvalue weighted by atomic mass is 16.1. The number of aldehydes is 1. The summed E-state index contributed by atoms with van der Waals surface area (Å²) in [7, 11) is 0. The molecule has 0 spiro atoms. The number of ketones is 1. The molecule has 2 unspecified atom stereocenters. The van der Waals surface area contributed by atoms with E-state index in [1.165, 1.54) is 0 Å². The molecule has 1 saturated carbocycles. The molecule has 0 saturated heterocycles. The predicted molar refractivity (Wildman–Crippen MR) is 42.2 cm³/mol. The fourth-order valence-corrected chi connectivity index (χ4v) is 1.71. The van der Waals surface area contributed by atoms with E-state index in [-0.39, 0.29) is 11.7 Å². The Morgan fingerprint density at radius 1 is 1.64 bits per heavy atom. The van der Waals surface area contributed by atoms with Crippen molar-refractivity contribution >= 4 is 12.1 Å². The van der Waals surface area contributed by atoms with Crippen LogP contribution in [0.5, 0.6) is 0 Å². The molecule has 0 radical (unpaired) electrons. The number of hydrogen-bond acceptors (Lipinski definition) is 2. The molecular weight excluding hydrogens is 140 g/mol. The topological polar surface area (TPSA) is 34.1 Å². The van der Waals surface area contributed by atoms with Gasteiger partial charge in [0.05, 0.1) is 5.41 Å². The van der Waals surface area contributed by atoms with Crippen LogP contribution >= 0.6 is 0 Å². The fraction of sp³-hybridized carbons (Fsp3) is 0.778. The summed E-state index contributed by atoms with van der Waals surface area (Å²) in [5.74, 6) is 0.206. The number of rotatable bonds is 1. The molecule has 0 heterocycles. The first-order valence-electron chi connectivity index (χ1n) is 4.11. The summed E-state index contributed by atoms with van der Waals surface area (Å²) in [5.41, 5.74) is -0.669. The number of hydrogen-bond donors (Lipinski definition) is 0. The molecule has 11 heavy (non-hydrogen) atoms. The van der Waals surface area contributed by atoms with Crippen LogP contribution in [0.25, 0.3) is 0 Å². The van der Waals surface area contributed by atoms with E-state index in [0.29, 0.717) is 0 Å². The van der Waals surface area contributed by atoms with Gasteiger partial charge in [-0.05, 0) is 19.8 Å². The van der Waals surface area contributed by atoms with Crippen LogP contribution in [0.3, 0.4) is 0 Å². The van der Waals surface area contributed by atoms with Gasteiger partial charge in [0.2, 0.25) is 0 Å². The van der Waals surface area contributed by atoms with Crippen LogP contribution in [0.4, 0.5) is 0 Å². The maximum atomic E-state index is 11.4. The van der Waals surface area contributed by atoms with Crippen molar-refractivity contribution in [1.82, 2.24) is 0 Å². The van der Waals surface area contributed by atoms with Crippen molar-refractivity contribution in [2.24, 2.45) is 11.3 Å². The Morgan fingerprint density at radius 3 is 2.73 bits per heavy atom. The Hall–Kier alpha value is -0.660. The highest BCUT2D eigenvalue weighted by molar-refractivity contribution is 5.99. The molecule has 2 nitrogen and oxygen atoms in total. The number of carbonyl (C=O) groups is 2. The second kappa shape index (κ2) is 2.76. The molecule has 1 fully saturated rings. The molecule has 0 aromatic heterocycles. The van der Waals surface area contributed by atoms with Crippen molar-refractivity contribution < 1.29 is 9.59 Å². The summed E-state index contributed by atoms with van der Waals surface area (Å²) in [6.45, 7) is 3.65. The molecule has 0 aliphatic heterocycles. The number of Topliss-reactive ketones (excluding diaryl/α,β-unsaturated/α-hetero) is 1. The average molecular weight is 154 g/mol. The van der Waals surface area contributed by atoms with Gasteiger partial charge in [-0.1, -0.05) is 13.3 Å². The monoisotopic (exact) mass is 154 g/mol. The van der Waals surface area contributed by atoms with Crippen LogP contribution in [0.2, 0.25) is 0 Å². The van der Waals surface area contributed by atoms with Gasteiger partial charge in [0.15, 0.2) is 0 Å². The lowest BCUT2D eigenvalue weighted by Gasteiger charge is -2.30. The summed E-state index contributed by atoms with van der Waals surface area (Å²) in [6.07, 6.45) is 3.50. The van der Waals surface area contributed by atoms with Crippen LogP contribution in [-0.2, 0) is 9.59 Å². The predicted octanol–water partition coefficient (Wildman–Crippen LogP) is 1.58. The van der Waals surface area contributed by atoms with E-state index in [1.807, 2.05) is 6.92 Å². The maximum Gasteiger partial charge on any atom is 0.148 e. The highest BCUT2D eigenvalue weighted by Gasteiger charge is 2.38. The zero-order chi connectivity index (χ0) is 8.48. The van der Waals surface area contributed by atoms with E-state index in [0.717, 1.165) is 25.5 Å². The summed E-state index contributed by atoms with van der Waals surface area (Å²) in [5, 5.41) is 0. The van der Waals surface area contributed by atoms with Crippen molar-refractivity contribution in [3.63, 3.8) is 0 Å². The van der Waals surface area contributed by atoms with Gasteiger partial charge in [-0.25, -0.2) is 0 Å². The van der Waals surface area contributed by atoms with Gasteiger partial charge in [0.1, 0.15) is 12.1 Å². The first kappa shape index (κ1) is 8.44. The van der Waals surface area contributed by atoms with Crippen molar-refractivity contribution in [3.05, 3.63) is 0 Å². The minimum Gasteiger partial charge on any atom is -0.302 e. The maximum absolute atomic E-state index is 11.4. The minimum atomic E-state index is -0.669. The molecule has 1 aliphatic carbocycles. The van der Waals surface area contributed by atoms with Crippen molar-refractivity contribution in [2.75, 3.05) is 0 Å². The SMILES string of the molecule is CC1CCCC(C)(C=O)C1=O. The lowest BCUT2D eigenvalue weighted by molar-refractivity contribution is -0.139. The van der Waals surface area contributed by atoms with E-state index in [1.54, 1.807) is 6.92 Å². The van der Waals surface area contributed by atoms with Crippen molar-refractivity contribution in [2.45, 2.75) is 33.1 Å². The zero-order valence-corrected chi connectivity index (χ0v) is 7.09. The van der Waals surface area contributed by atoms with E-state index >= 15 is 0 Å². The van der Waals surface area contributed by atoms with Gasteiger partial charge < -0.3 is 4.79 Å². The van der Waals surface area contributed by atoms with E-state index in [4.69, 9.17) is 0 Å². The molecule has 0 bridgehead atoms. The summed E-state index contributed by atoms with van der Waals surface area (Å²) in [6, 6.07) is 0. The Balaban J connectivity index is 2.80. The van der Waals surface area contributed by atoms with Crippen LogP contribution in [0, 0.1) is 11.3 Å². The third kappa shape index (κ3) is 1.35. The van der Waals surface area contributed by atoms with Crippen molar-refractivity contribution in [3.8, 4) is 0 Å². The Kier molecular flexibility index (Phi) is 2.12. The molecule has 0 aromatic rings. The lowest BCUT2D eigenvalue weighted by atomic mass is 9.71. The van der Waals surface area contributed by atoms with E-state index in [2.05, 4.69) is 0 Å². The first-order chi connectivity index (χ1) is 5.10. The standard InChI is InChI=1S/C9H14O2/c1-7-4-3-5-9(2,6-10)8(7)11/h6-7H,3-5H2,1-2H3. The van der Waals surface area contributed by atoms with Crippen molar-refractivity contribution in [1.29, 1.82) is 0 Å². The smallest absolute Gasteiger partial charge is 0.148 e. The van der Waals surface area contributed by atoms with Gasteiger partial charge >= 0.3 is 0 Å². The minimum absolute atomic E-state index is 0.0824. The largest absolute Gasteiger partial charge is 0.302 e. The first-order valence-corrected chi connectivity index (χ1v) is 4.11. The van der Waals surface area contributed by atoms with Crippen LogP contribution in [0.1, 0.15) is 33.1 Å². The lowest BCUT2D eigenvalue weighted by Crippen LogP contribution is -2.37. The Bertz CT molecular complexity index is 186. The highest BCUT2D eigenvalue weighted by Crippen LogP contribution is 2.33. The van der Waals surface area contributed by atoms with E-state index < -0.39 is 5.41 Å². The second-order valence-corrected chi connectivity index (χ2v) is 3.69. The Labute approximate surface area is 67.0 Å². The summed E-state index contributed by atoms with van der Waals surface area (Å²) < 4.78 is 0. The third-order valence-electron chi connectivity index (χ3n) is 2.60. The molecule has 62 valence electrons. The molecule has 1 aliphatic rings. The summed E-state index contributed by atoms with van der Waals surface area (Å²) >= 11 is 0. The molecule has 0 amide bonds. The normalized spacial score (nSPS) is 38.7. The molecule has 1 rings (SSSR count). The van der Waals surface area contributed by atoms with Crippen LogP contribution in [0.15, 0.2) is 0 Å². The van der Waals surface area contributed by atoms with Gasteiger partial charge in [-0.15, -0.1) is 0 Å². The molecule has 0 aromatic carbocycles. The average Bonchev–Trinajstić information content (AvgIpc) is 2.00.